The Morgan fingerprint density at radius 2 is 2.26 bits per heavy atom. The van der Waals surface area contributed by atoms with Gasteiger partial charge in [-0.15, -0.1) is 11.3 Å². The van der Waals surface area contributed by atoms with Gasteiger partial charge in [0.25, 0.3) is 0 Å². The molecule has 0 amide bonds. The van der Waals surface area contributed by atoms with Gasteiger partial charge in [-0.05, 0) is 32.7 Å². The molecule has 19 heavy (non-hydrogen) atoms. The van der Waals surface area contributed by atoms with E-state index < -0.39 is 0 Å². The van der Waals surface area contributed by atoms with E-state index in [0.717, 1.165) is 37.2 Å². The molecule has 1 unspecified atom stereocenters. The third kappa shape index (κ3) is 6.68. The quantitative estimate of drug-likeness (QED) is 0.529. The van der Waals surface area contributed by atoms with Gasteiger partial charge in [0.15, 0.2) is 0 Å². The van der Waals surface area contributed by atoms with E-state index in [-0.39, 0.29) is 5.97 Å². The van der Waals surface area contributed by atoms with Crippen molar-refractivity contribution in [2.24, 2.45) is 0 Å². The van der Waals surface area contributed by atoms with Crippen molar-refractivity contribution in [3.05, 3.63) is 16.6 Å². The number of unbranched alkanes of at least 4 members (excludes halogenated alkanes) is 2. The van der Waals surface area contributed by atoms with Crippen LogP contribution in [0.3, 0.4) is 0 Å². The summed E-state index contributed by atoms with van der Waals surface area (Å²) in [5.41, 5.74) is 0. The highest BCUT2D eigenvalue weighted by atomic mass is 32.1. The Labute approximate surface area is 119 Å². The van der Waals surface area contributed by atoms with Crippen LogP contribution in [0.25, 0.3) is 0 Å². The van der Waals surface area contributed by atoms with E-state index in [4.69, 9.17) is 4.74 Å². The SMILES string of the molecule is CCOC(=O)CCCCCNC(CC)c1nccs1. The molecule has 1 atom stereocenters. The Morgan fingerprint density at radius 1 is 1.42 bits per heavy atom. The highest BCUT2D eigenvalue weighted by Gasteiger charge is 2.10. The Hall–Kier alpha value is -0.940. The van der Waals surface area contributed by atoms with Gasteiger partial charge in [-0.25, -0.2) is 4.98 Å². The summed E-state index contributed by atoms with van der Waals surface area (Å²) in [6, 6.07) is 0.366. The van der Waals surface area contributed by atoms with Crippen LogP contribution in [0, 0.1) is 0 Å². The van der Waals surface area contributed by atoms with Crippen molar-refractivity contribution in [3.8, 4) is 0 Å². The lowest BCUT2D eigenvalue weighted by atomic mass is 10.2. The Morgan fingerprint density at radius 3 is 2.89 bits per heavy atom. The molecule has 4 nitrogen and oxygen atoms in total. The van der Waals surface area contributed by atoms with Gasteiger partial charge in [0.05, 0.1) is 12.6 Å². The van der Waals surface area contributed by atoms with Crippen LogP contribution in [-0.2, 0) is 9.53 Å². The standard InChI is InChI=1S/C14H24N2O2S/c1-3-12(14-16-10-11-19-14)15-9-7-5-6-8-13(17)18-4-2/h10-12,15H,3-9H2,1-2H3. The first-order valence-electron chi connectivity index (χ1n) is 7.06. The van der Waals surface area contributed by atoms with E-state index >= 15 is 0 Å². The third-order valence-corrected chi connectivity index (χ3v) is 3.80. The Balaban J connectivity index is 2.05. The van der Waals surface area contributed by atoms with Gasteiger partial charge in [0.1, 0.15) is 5.01 Å². The van der Waals surface area contributed by atoms with Crippen LogP contribution in [0.1, 0.15) is 57.0 Å². The van der Waals surface area contributed by atoms with E-state index in [9.17, 15) is 4.79 Å². The number of hydrogen-bond donors (Lipinski definition) is 1. The molecule has 1 heterocycles. The molecule has 5 heteroatoms. The first-order chi connectivity index (χ1) is 9.27. The van der Waals surface area contributed by atoms with Crippen molar-refractivity contribution in [2.45, 2.75) is 52.0 Å². The van der Waals surface area contributed by atoms with Crippen LogP contribution in [0.2, 0.25) is 0 Å². The molecule has 0 bridgehead atoms. The van der Waals surface area contributed by atoms with Crippen molar-refractivity contribution in [1.82, 2.24) is 10.3 Å². The zero-order valence-corrected chi connectivity index (χ0v) is 12.7. The largest absolute Gasteiger partial charge is 0.466 e. The zero-order valence-electron chi connectivity index (χ0n) is 11.9. The number of ether oxygens (including phenoxy) is 1. The minimum Gasteiger partial charge on any atom is -0.466 e. The first kappa shape index (κ1) is 16.1. The molecular formula is C14H24N2O2S. The third-order valence-electron chi connectivity index (χ3n) is 2.91. The lowest BCUT2D eigenvalue weighted by molar-refractivity contribution is -0.143. The van der Waals surface area contributed by atoms with Crippen molar-refractivity contribution in [3.63, 3.8) is 0 Å². The number of esters is 1. The van der Waals surface area contributed by atoms with Crippen molar-refractivity contribution >= 4 is 17.3 Å². The monoisotopic (exact) mass is 284 g/mol. The predicted molar refractivity (Wildman–Crippen MR) is 78.2 cm³/mol. The number of rotatable bonds is 10. The normalized spacial score (nSPS) is 12.3. The van der Waals surface area contributed by atoms with Crippen molar-refractivity contribution < 1.29 is 9.53 Å². The van der Waals surface area contributed by atoms with Gasteiger partial charge in [-0.3, -0.25) is 4.79 Å². The van der Waals surface area contributed by atoms with Gasteiger partial charge < -0.3 is 10.1 Å². The number of carbonyl (C=O) groups excluding carboxylic acids is 1. The van der Waals surface area contributed by atoms with E-state index in [0.29, 0.717) is 19.1 Å². The summed E-state index contributed by atoms with van der Waals surface area (Å²) in [6.07, 6.45) is 6.49. The van der Waals surface area contributed by atoms with Gasteiger partial charge in [-0.2, -0.15) is 0 Å². The van der Waals surface area contributed by atoms with E-state index in [1.807, 2.05) is 18.5 Å². The highest BCUT2D eigenvalue weighted by Crippen LogP contribution is 2.18. The second-order valence-corrected chi connectivity index (χ2v) is 5.33. The summed E-state index contributed by atoms with van der Waals surface area (Å²) < 4.78 is 4.89. The maximum atomic E-state index is 11.1. The molecule has 0 aliphatic rings. The molecule has 0 fully saturated rings. The number of nitrogens with zero attached hydrogens (tertiary/aromatic N) is 1. The molecule has 1 rings (SSSR count). The topological polar surface area (TPSA) is 51.2 Å². The average molecular weight is 284 g/mol. The van der Waals surface area contributed by atoms with Gasteiger partial charge in [-0.1, -0.05) is 13.3 Å². The summed E-state index contributed by atoms with van der Waals surface area (Å²) >= 11 is 1.70. The predicted octanol–water partition coefficient (Wildman–Crippen LogP) is 3.31. The van der Waals surface area contributed by atoms with Crippen LogP contribution in [0.4, 0.5) is 0 Å². The fraction of sp³-hybridized carbons (Fsp3) is 0.714. The van der Waals surface area contributed by atoms with Gasteiger partial charge >= 0.3 is 5.97 Å². The molecule has 108 valence electrons. The average Bonchev–Trinajstić information content (AvgIpc) is 2.92. The molecule has 0 aliphatic carbocycles. The molecule has 1 N–H and O–H groups in total. The summed E-state index contributed by atoms with van der Waals surface area (Å²) in [5.74, 6) is -0.0790. The zero-order chi connectivity index (χ0) is 13.9. The van der Waals surface area contributed by atoms with Crippen LogP contribution < -0.4 is 5.32 Å². The number of thiazole rings is 1. The van der Waals surface area contributed by atoms with Crippen LogP contribution in [0.5, 0.6) is 0 Å². The molecule has 0 aromatic carbocycles. The summed E-state index contributed by atoms with van der Waals surface area (Å²) in [7, 11) is 0. The highest BCUT2D eigenvalue weighted by molar-refractivity contribution is 7.09. The van der Waals surface area contributed by atoms with Gasteiger partial charge in [0, 0.05) is 18.0 Å². The summed E-state index contributed by atoms with van der Waals surface area (Å²) in [4.78, 5) is 15.5. The van der Waals surface area contributed by atoms with Crippen molar-refractivity contribution in [2.75, 3.05) is 13.2 Å². The molecular weight excluding hydrogens is 260 g/mol. The summed E-state index contributed by atoms with van der Waals surface area (Å²) in [6.45, 7) is 5.46. The maximum Gasteiger partial charge on any atom is 0.305 e. The lowest BCUT2D eigenvalue weighted by Gasteiger charge is -2.14. The van der Waals surface area contributed by atoms with Gasteiger partial charge in [0.2, 0.25) is 0 Å². The smallest absolute Gasteiger partial charge is 0.305 e. The molecule has 0 aliphatic heterocycles. The van der Waals surface area contributed by atoms with Crippen molar-refractivity contribution in [1.29, 1.82) is 0 Å². The van der Waals surface area contributed by atoms with E-state index in [2.05, 4.69) is 17.2 Å². The van der Waals surface area contributed by atoms with Crippen LogP contribution >= 0.6 is 11.3 Å². The molecule has 1 aromatic heterocycles. The number of aromatic nitrogens is 1. The molecule has 1 aromatic rings. The fourth-order valence-corrected chi connectivity index (χ4v) is 2.69. The summed E-state index contributed by atoms with van der Waals surface area (Å²) in [5, 5.41) is 6.69. The molecule has 0 radical (unpaired) electrons. The number of carbonyl (C=O) groups is 1. The van der Waals surface area contributed by atoms with Crippen LogP contribution in [-0.4, -0.2) is 24.1 Å². The number of hydrogen-bond acceptors (Lipinski definition) is 5. The second-order valence-electron chi connectivity index (χ2n) is 4.40. The van der Waals surface area contributed by atoms with E-state index in [1.54, 1.807) is 11.3 Å². The Kier molecular flexibility index (Phi) is 8.41. The maximum absolute atomic E-state index is 11.1. The lowest BCUT2D eigenvalue weighted by Crippen LogP contribution is -2.21. The Bertz CT molecular complexity index is 341. The minimum atomic E-state index is -0.0790. The number of nitrogens with one attached hydrogen (secondary N) is 1. The molecule has 0 saturated heterocycles. The fourth-order valence-electron chi connectivity index (χ4n) is 1.89. The molecule has 0 spiro atoms. The molecule has 0 saturated carbocycles. The van der Waals surface area contributed by atoms with Crippen LogP contribution in [0.15, 0.2) is 11.6 Å². The van der Waals surface area contributed by atoms with E-state index in [1.165, 1.54) is 0 Å². The minimum absolute atomic E-state index is 0.0790. The second kappa shape index (κ2) is 9.92. The first-order valence-corrected chi connectivity index (χ1v) is 7.94.